The summed E-state index contributed by atoms with van der Waals surface area (Å²) in [6.07, 6.45) is 5.58. The molecule has 0 radical (unpaired) electrons. The number of hydrogen-bond acceptors (Lipinski definition) is 7. The van der Waals surface area contributed by atoms with E-state index in [1.165, 1.54) is 30.2 Å². The third kappa shape index (κ3) is 4.83. The summed E-state index contributed by atoms with van der Waals surface area (Å²) in [6, 6.07) is 6.14. The first kappa shape index (κ1) is 22.1. The van der Waals surface area contributed by atoms with Crippen LogP contribution in [0.15, 0.2) is 30.6 Å². The summed E-state index contributed by atoms with van der Waals surface area (Å²) in [4.78, 5) is 13.2. The van der Waals surface area contributed by atoms with Crippen molar-refractivity contribution in [3.05, 3.63) is 47.5 Å². The molecule has 0 spiro atoms. The van der Waals surface area contributed by atoms with Crippen LogP contribution >= 0.6 is 0 Å². The van der Waals surface area contributed by atoms with Crippen molar-refractivity contribution >= 4 is 16.9 Å². The van der Waals surface area contributed by atoms with Crippen LogP contribution < -0.4 is 10.6 Å². The minimum absolute atomic E-state index is 0.229. The molecule has 2 atom stereocenters. The number of fused-ring (bicyclic) bond motifs is 1. The molecule has 2 aromatic heterocycles. The first-order valence-corrected chi connectivity index (χ1v) is 11.7. The molecule has 1 saturated heterocycles. The molecule has 3 heterocycles. The van der Waals surface area contributed by atoms with Crippen molar-refractivity contribution in [3.63, 3.8) is 0 Å². The highest BCUT2D eigenvalue weighted by molar-refractivity contribution is 5.88. The minimum atomic E-state index is -0.654. The molecule has 33 heavy (non-hydrogen) atoms. The largest absolute Gasteiger partial charge is 0.389 e. The van der Waals surface area contributed by atoms with Crippen molar-refractivity contribution in [2.24, 2.45) is 0 Å². The Kier molecular flexibility index (Phi) is 6.23. The number of rotatable bonds is 7. The summed E-state index contributed by atoms with van der Waals surface area (Å²) < 4.78 is 20.1. The van der Waals surface area contributed by atoms with Gasteiger partial charge in [-0.05, 0) is 48.4 Å². The molecule has 5 rings (SSSR count). The molecule has 1 aromatic carbocycles. The van der Waals surface area contributed by atoms with Crippen LogP contribution in [-0.2, 0) is 11.3 Å². The molecule has 0 amide bonds. The van der Waals surface area contributed by atoms with Crippen LogP contribution in [0.5, 0.6) is 0 Å². The summed E-state index contributed by atoms with van der Waals surface area (Å²) >= 11 is 0. The number of nitrogens with zero attached hydrogens (tertiary/aromatic N) is 3. The highest BCUT2D eigenvalue weighted by Crippen LogP contribution is 2.32. The molecule has 7 nitrogen and oxygen atoms in total. The Hall–Kier alpha value is -2.68. The zero-order valence-electron chi connectivity index (χ0n) is 19.0. The lowest BCUT2D eigenvalue weighted by atomic mass is 9.92. The molecule has 174 valence electrons. The van der Waals surface area contributed by atoms with E-state index in [0.29, 0.717) is 36.5 Å². The summed E-state index contributed by atoms with van der Waals surface area (Å²) in [5.74, 6) is 0.101. The Morgan fingerprint density at radius 3 is 2.79 bits per heavy atom. The van der Waals surface area contributed by atoms with Crippen molar-refractivity contribution in [2.45, 2.75) is 63.8 Å². The highest BCUT2D eigenvalue weighted by Gasteiger charge is 2.25. The van der Waals surface area contributed by atoms with E-state index in [1.807, 2.05) is 24.4 Å². The number of aromatic nitrogens is 3. The standard InChI is InChI=1S/C25H30FN5O2/c1-14(2)23-16(10-27-17-4-5-17)11-28-20-6-3-15(9-18(20)23)24-19(26)12-29-25(31-24)30-21-7-8-33-13-22(21)32/h3,6,9,11-12,14,17,21-22,27,32H,4-5,7-8,10,13H2,1-2H3,(H,29,30,31)/t21-,22+/m1/s1. The SMILES string of the molecule is CC(C)c1c(CNC2CC2)cnc2ccc(-c3nc(N[C@@H]4CCOC[C@@H]4O)ncc3F)cc12. The molecule has 1 aliphatic carbocycles. The lowest BCUT2D eigenvalue weighted by Crippen LogP contribution is -2.42. The van der Waals surface area contributed by atoms with Gasteiger partial charge in [-0.2, -0.15) is 0 Å². The van der Waals surface area contributed by atoms with Gasteiger partial charge in [-0.25, -0.2) is 14.4 Å². The van der Waals surface area contributed by atoms with Crippen LogP contribution in [0.1, 0.15) is 50.2 Å². The van der Waals surface area contributed by atoms with Gasteiger partial charge in [0.25, 0.3) is 0 Å². The fourth-order valence-corrected chi connectivity index (χ4v) is 4.46. The van der Waals surface area contributed by atoms with E-state index in [1.54, 1.807) is 0 Å². The molecule has 1 aliphatic heterocycles. The maximum atomic E-state index is 14.8. The maximum Gasteiger partial charge on any atom is 0.223 e. The van der Waals surface area contributed by atoms with Crippen molar-refractivity contribution in [3.8, 4) is 11.3 Å². The fourth-order valence-electron chi connectivity index (χ4n) is 4.46. The molecule has 8 heteroatoms. The molecule has 0 bridgehead atoms. The topological polar surface area (TPSA) is 92.2 Å². The summed E-state index contributed by atoms with van der Waals surface area (Å²) in [5, 5.41) is 17.9. The predicted molar refractivity (Wildman–Crippen MR) is 126 cm³/mol. The Balaban J connectivity index is 1.50. The molecule has 1 saturated carbocycles. The van der Waals surface area contributed by atoms with Gasteiger partial charge < -0.3 is 20.5 Å². The number of halogens is 1. The van der Waals surface area contributed by atoms with Gasteiger partial charge in [0, 0.05) is 36.3 Å². The minimum Gasteiger partial charge on any atom is -0.389 e. The van der Waals surface area contributed by atoms with E-state index in [9.17, 15) is 9.50 Å². The number of benzene rings is 1. The van der Waals surface area contributed by atoms with Crippen molar-refractivity contribution in [2.75, 3.05) is 18.5 Å². The van der Waals surface area contributed by atoms with E-state index in [0.717, 1.165) is 17.4 Å². The van der Waals surface area contributed by atoms with Crippen LogP contribution in [0.25, 0.3) is 22.2 Å². The van der Waals surface area contributed by atoms with Crippen molar-refractivity contribution < 1.29 is 14.2 Å². The van der Waals surface area contributed by atoms with Crippen LogP contribution in [0.2, 0.25) is 0 Å². The summed E-state index contributed by atoms with van der Waals surface area (Å²) in [5.41, 5.74) is 4.20. The Morgan fingerprint density at radius 2 is 2.03 bits per heavy atom. The van der Waals surface area contributed by atoms with Crippen LogP contribution in [0, 0.1) is 5.82 Å². The zero-order chi connectivity index (χ0) is 22.9. The second-order valence-electron chi connectivity index (χ2n) is 9.31. The maximum absolute atomic E-state index is 14.8. The van der Waals surface area contributed by atoms with Crippen molar-refractivity contribution in [1.29, 1.82) is 0 Å². The quantitative estimate of drug-likeness (QED) is 0.504. The van der Waals surface area contributed by atoms with E-state index in [2.05, 4.69) is 39.4 Å². The fraction of sp³-hybridized carbons (Fsp3) is 0.480. The van der Waals surface area contributed by atoms with Crippen LogP contribution in [0.4, 0.5) is 10.3 Å². The summed E-state index contributed by atoms with van der Waals surface area (Å²) in [7, 11) is 0. The smallest absolute Gasteiger partial charge is 0.223 e. The third-order valence-corrected chi connectivity index (χ3v) is 6.39. The van der Waals surface area contributed by atoms with Gasteiger partial charge in [-0.1, -0.05) is 19.9 Å². The number of hydrogen-bond donors (Lipinski definition) is 3. The number of aliphatic hydroxyl groups excluding tert-OH is 1. The Bertz CT molecular complexity index is 1150. The second-order valence-corrected chi connectivity index (χ2v) is 9.31. The highest BCUT2D eigenvalue weighted by atomic mass is 19.1. The average Bonchev–Trinajstić information content (AvgIpc) is 3.64. The molecule has 2 fully saturated rings. The zero-order valence-corrected chi connectivity index (χ0v) is 19.0. The second kappa shape index (κ2) is 9.29. The molecular weight excluding hydrogens is 421 g/mol. The van der Waals surface area contributed by atoms with Gasteiger partial charge in [0.2, 0.25) is 5.95 Å². The molecular formula is C25H30FN5O2. The van der Waals surface area contributed by atoms with Crippen LogP contribution in [-0.4, -0.2) is 51.5 Å². The lowest BCUT2D eigenvalue weighted by Gasteiger charge is -2.28. The summed E-state index contributed by atoms with van der Waals surface area (Å²) in [6.45, 7) is 5.95. The molecule has 3 aromatic rings. The Labute approximate surface area is 192 Å². The van der Waals surface area contributed by atoms with Gasteiger partial charge in [-0.15, -0.1) is 0 Å². The monoisotopic (exact) mass is 451 g/mol. The van der Waals surface area contributed by atoms with Gasteiger partial charge in [0.1, 0.15) is 5.69 Å². The number of pyridine rings is 1. The number of anilines is 1. The normalized spacial score (nSPS) is 21.0. The molecule has 0 unspecified atom stereocenters. The van der Waals surface area contributed by atoms with E-state index >= 15 is 0 Å². The van der Waals surface area contributed by atoms with E-state index in [-0.39, 0.29) is 18.3 Å². The third-order valence-electron chi connectivity index (χ3n) is 6.39. The first-order chi connectivity index (χ1) is 16.0. The molecule has 2 aliphatic rings. The van der Waals surface area contributed by atoms with Crippen LogP contribution in [0.3, 0.4) is 0 Å². The van der Waals surface area contributed by atoms with Gasteiger partial charge in [-0.3, -0.25) is 4.98 Å². The van der Waals surface area contributed by atoms with E-state index in [4.69, 9.17) is 4.74 Å². The first-order valence-electron chi connectivity index (χ1n) is 11.7. The Morgan fingerprint density at radius 1 is 1.18 bits per heavy atom. The molecule has 3 N–H and O–H groups in total. The number of nitrogens with one attached hydrogen (secondary N) is 2. The predicted octanol–water partition coefficient (Wildman–Crippen LogP) is 3.77. The van der Waals surface area contributed by atoms with Gasteiger partial charge >= 0.3 is 0 Å². The van der Waals surface area contributed by atoms with E-state index < -0.39 is 11.9 Å². The van der Waals surface area contributed by atoms with Crippen molar-refractivity contribution in [1.82, 2.24) is 20.3 Å². The number of ether oxygens (including phenoxy) is 1. The van der Waals surface area contributed by atoms with Gasteiger partial charge in [0.15, 0.2) is 5.82 Å². The van der Waals surface area contributed by atoms with Gasteiger partial charge in [0.05, 0.1) is 30.5 Å². The number of aliphatic hydroxyl groups is 1. The lowest BCUT2D eigenvalue weighted by molar-refractivity contribution is -0.0136. The average molecular weight is 452 g/mol.